The molecule has 0 saturated carbocycles. The van der Waals surface area contributed by atoms with E-state index in [0.29, 0.717) is 36.7 Å². The molecule has 310 valence electrons. The van der Waals surface area contributed by atoms with Gasteiger partial charge < -0.3 is 45.0 Å². The maximum absolute atomic E-state index is 11.5. The van der Waals surface area contributed by atoms with Gasteiger partial charge in [0, 0.05) is 37.1 Å². The Morgan fingerprint density at radius 2 is 1.42 bits per heavy atom. The third kappa shape index (κ3) is 17.4. The number of hydrogen-bond donors (Lipinski definition) is 5. The van der Waals surface area contributed by atoms with Gasteiger partial charge in [0.2, 0.25) is 10.0 Å². The molecule has 0 radical (unpaired) electrons. The van der Waals surface area contributed by atoms with Crippen LogP contribution in [0, 0.1) is 0 Å². The van der Waals surface area contributed by atoms with Gasteiger partial charge in [-0.15, -0.1) is 0 Å². The number of ether oxygens (including phenoxy) is 1. The highest BCUT2D eigenvalue weighted by atomic mass is 32.2. The Balaban J connectivity index is 0.000000980. The topological polar surface area (TPSA) is 197 Å². The zero-order chi connectivity index (χ0) is 42.0. The second-order valence-electron chi connectivity index (χ2n) is 14.8. The van der Waals surface area contributed by atoms with Crippen molar-refractivity contribution in [2.75, 3.05) is 37.2 Å². The number of aliphatic hydroxyl groups excluding tert-OH is 1. The minimum absolute atomic E-state index is 0.0538. The number of carbonyl (C=O) groups excluding carboxylic acids is 2. The van der Waals surface area contributed by atoms with Gasteiger partial charge in [-0.3, -0.25) is 4.72 Å². The Hall–Kier alpha value is -4.95. The summed E-state index contributed by atoms with van der Waals surface area (Å²) < 4.78 is 31.5. The summed E-state index contributed by atoms with van der Waals surface area (Å²) in [5, 5.41) is 41.6. The number of carboxylic acid groups (broad SMARTS) is 2. The van der Waals surface area contributed by atoms with E-state index in [1.54, 1.807) is 11.0 Å². The van der Waals surface area contributed by atoms with E-state index in [2.05, 4.69) is 99.1 Å². The quantitative estimate of drug-likeness (QED) is 0.0581. The van der Waals surface area contributed by atoms with E-state index in [-0.39, 0.29) is 11.4 Å². The van der Waals surface area contributed by atoms with Crippen molar-refractivity contribution in [2.45, 2.75) is 83.9 Å². The van der Waals surface area contributed by atoms with Crippen molar-refractivity contribution in [2.24, 2.45) is 0 Å². The van der Waals surface area contributed by atoms with Gasteiger partial charge >= 0.3 is 0 Å². The molecule has 57 heavy (non-hydrogen) atoms. The third-order valence-corrected chi connectivity index (χ3v) is 10.2. The molecular formula is C44H59N3O9S. The molecule has 4 rings (SSSR count). The average molecular weight is 806 g/mol. The summed E-state index contributed by atoms with van der Waals surface area (Å²) in [6, 6.07) is 33.7. The van der Waals surface area contributed by atoms with E-state index in [9.17, 15) is 38.4 Å². The number of carboxylic acids is 2. The average Bonchev–Trinajstić information content (AvgIpc) is 3.15. The maximum Gasteiger partial charge on any atom is 0.229 e. The fraction of sp³-hybridized carbons (Fsp3) is 0.409. The van der Waals surface area contributed by atoms with Crippen LogP contribution < -0.4 is 29.9 Å². The van der Waals surface area contributed by atoms with E-state index < -0.39 is 40.9 Å². The Morgan fingerprint density at radius 1 is 0.789 bits per heavy atom. The van der Waals surface area contributed by atoms with Crippen molar-refractivity contribution in [3.8, 4) is 11.5 Å². The molecular weight excluding hydrogens is 747 g/mol. The highest BCUT2D eigenvalue weighted by molar-refractivity contribution is 7.92. The number of aliphatic hydroxyl groups is 1. The van der Waals surface area contributed by atoms with Crippen LogP contribution in [0.2, 0.25) is 0 Å². The summed E-state index contributed by atoms with van der Waals surface area (Å²) in [5.41, 5.74) is 5.77. The summed E-state index contributed by atoms with van der Waals surface area (Å²) >= 11 is 0. The van der Waals surface area contributed by atoms with Gasteiger partial charge in [-0.05, 0) is 92.6 Å². The van der Waals surface area contributed by atoms with Crippen LogP contribution in [0.15, 0.2) is 97.1 Å². The van der Waals surface area contributed by atoms with Gasteiger partial charge in [0.25, 0.3) is 0 Å². The number of nitrogens with one attached hydrogen (secondary N) is 2. The lowest BCUT2D eigenvalue weighted by Gasteiger charge is -2.29. The molecule has 0 heterocycles. The number of nitrogens with two attached hydrogens (primary N) is 1. The van der Waals surface area contributed by atoms with Gasteiger partial charge in [-0.1, -0.05) is 72.8 Å². The normalized spacial score (nSPS) is 12.5. The van der Waals surface area contributed by atoms with Crippen LogP contribution in [0.4, 0.5) is 5.69 Å². The first kappa shape index (κ1) is 46.4. The molecule has 12 nitrogen and oxygen atoms in total. The standard InChI is InChI=1S/C40H53N3O5S.C4H6O4/c1-29(2)43(30(3)4)24-21-37(33-11-7-6-8-12-33)34-13-9-10-32(26-34)22-25-48-36-17-14-31(15-18-36)20-23-41-28-40(45)35-16-19-39(44)38(27-35)42-49(5,46)47;5-3(6)1-2-4(7)8/h6-19,26-27,29-30,37,40-42,44-45H,20-25,28H2,1-5H3;1-2H2,(H,5,6)(H,7,8)/t37-,40+;/m1./s1. The second-order valence-corrected chi connectivity index (χ2v) is 16.6. The van der Waals surface area contributed by atoms with E-state index in [1.807, 2.05) is 17.4 Å². The van der Waals surface area contributed by atoms with Crippen LogP contribution in [0.5, 0.6) is 11.5 Å². The van der Waals surface area contributed by atoms with Crippen molar-refractivity contribution >= 4 is 27.6 Å². The third-order valence-electron chi connectivity index (χ3n) is 9.60. The lowest BCUT2D eigenvalue weighted by Crippen LogP contribution is -3.17. The molecule has 0 spiro atoms. The maximum atomic E-state index is 11.5. The van der Waals surface area contributed by atoms with E-state index >= 15 is 0 Å². The number of hydrogen-bond acceptors (Lipinski definition) is 9. The molecule has 0 amide bonds. The first-order valence-electron chi connectivity index (χ1n) is 19.4. The molecule has 0 aliphatic heterocycles. The Labute approximate surface area is 337 Å². The number of aromatic hydroxyl groups is 1. The van der Waals surface area contributed by atoms with Gasteiger partial charge in [0.05, 0.1) is 43.7 Å². The van der Waals surface area contributed by atoms with E-state index in [1.165, 1.54) is 34.4 Å². The van der Waals surface area contributed by atoms with Crippen LogP contribution in [0.25, 0.3) is 0 Å². The van der Waals surface area contributed by atoms with Gasteiger partial charge in [0.15, 0.2) is 0 Å². The zero-order valence-electron chi connectivity index (χ0n) is 33.6. The number of quaternary nitrogens is 2. The molecule has 0 bridgehead atoms. The van der Waals surface area contributed by atoms with Crippen LogP contribution in [0.1, 0.15) is 86.8 Å². The van der Waals surface area contributed by atoms with Crippen molar-refractivity contribution in [1.29, 1.82) is 0 Å². The number of rotatable bonds is 22. The monoisotopic (exact) mass is 805 g/mol. The number of phenolic OH excluding ortho intramolecular Hbond substituents is 1. The van der Waals surface area contributed by atoms with Crippen LogP contribution in [0.3, 0.4) is 0 Å². The van der Waals surface area contributed by atoms with Gasteiger partial charge in [-0.25, -0.2) is 8.42 Å². The lowest BCUT2D eigenvalue weighted by molar-refractivity contribution is -0.942. The highest BCUT2D eigenvalue weighted by Crippen LogP contribution is 2.29. The largest absolute Gasteiger partial charge is 0.550 e. The first-order chi connectivity index (χ1) is 27.0. The number of carbonyl (C=O) groups is 2. The molecule has 13 heteroatoms. The smallest absolute Gasteiger partial charge is 0.229 e. The molecule has 4 aromatic carbocycles. The summed E-state index contributed by atoms with van der Waals surface area (Å²) in [7, 11) is -3.55. The predicted octanol–water partition coefficient (Wildman–Crippen LogP) is 1.71. The van der Waals surface area contributed by atoms with E-state index in [0.717, 1.165) is 44.4 Å². The highest BCUT2D eigenvalue weighted by Gasteiger charge is 2.22. The number of sulfonamides is 1. The fourth-order valence-corrected chi connectivity index (χ4v) is 7.26. The number of benzene rings is 4. The molecule has 2 atom stereocenters. The lowest BCUT2D eigenvalue weighted by atomic mass is 9.87. The minimum Gasteiger partial charge on any atom is -0.550 e. The molecule has 0 saturated heterocycles. The predicted molar refractivity (Wildman–Crippen MR) is 217 cm³/mol. The van der Waals surface area contributed by atoms with Crippen LogP contribution in [-0.4, -0.2) is 75.2 Å². The Kier molecular flexibility index (Phi) is 19.0. The zero-order valence-corrected chi connectivity index (χ0v) is 34.5. The summed E-state index contributed by atoms with van der Waals surface area (Å²) in [6.07, 6.45) is 2.03. The summed E-state index contributed by atoms with van der Waals surface area (Å²) in [5.74, 6) is -1.72. The molecule has 0 aromatic heterocycles. The molecule has 0 fully saturated rings. The Morgan fingerprint density at radius 3 is 2.02 bits per heavy atom. The van der Waals surface area contributed by atoms with Crippen LogP contribution >= 0.6 is 0 Å². The number of aliphatic carboxylic acids is 2. The van der Waals surface area contributed by atoms with Gasteiger partial charge in [0.1, 0.15) is 24.1 Å². The van der Waals surface area contributed by atoms with Crippen molar-refractivity contribution in [3.63, 3.8) is 0 Å². The van der Waals surface area contributed by atoms with Crippen molar-refractivity contribution in [1.82, 2.24) is 0 Å². The van der Waals surface area contributed by atoms with Crippen molar-refractivity contribution in [3.05, 3.63) is 125 Å². The van der Waals surface area contributed by atoms with E-state index in [4.69, 9.17) is 4.74 Å². The number of anilines is 1. The van der Waals surface area contributed by atoms with Crippen molar-refractivity contribution < 1.29 is 53.4 Å². The molecule has 0 aliphatic rings. The molecule has 0 aliphatic carbocycles. The van der Waals surface area contributed by atoms with Gasteiger partial charge in [-0.2, -0.15) is 0 Å². The second kappa shape index (κ2) is 23.3. The summed E-state index contributed by atoms with van der Waals surface area (Å²) in [4.78, 5) is 20.6. The number of phenols is 1. The summed E-state index contributed by atoms with van der Waals surface area (Å²) in [6.45, 7) is 12.2. The first-order valence-corrected chi connectivity index (χ1v) is 21.3. The minimum atomic E-state index is -3.55. The molecule has 4 aromatic rings. The molecule has 0 unspecified atom stereocenters. The molecule has 6 N–H and O–H groups in total. The SMILES string of the molecule is CC(C)[NH+](CC[C@H](c1ccccc1)c1cccc(CCOc2ccc(CC[NH2+]C[C@H](O)c3ccc(O)c(NS(C)(=O)=O)c3)cc2)c1)C(C)C.O=C([O-])CCC(=O)[O-]. The van der Waals surface area contributed by atoms with Crippen LogP contribution in [-0.2, 0) is 32.5 Å². The fourth-order valence-electron chi connectivity index (χ4n) is 6.70. The Bertz CT molecular complexity index is 1920.